The van der Waals surface area contributed by atoms with Crippen LogP contribution in [0.15, 0.2) is 53.7 Å². The van der Waals surface area contributed by atoms with Crippen molar-refractivity contribution in [3.8, 4) is 22.9 Å². The molecule has 3 aromatic rings. The molecule has 0 bridgehead atoms. The number of carbonyl (C=O) groups excluding carboxylic acids is 1. The molecular weight excluding hydrogens is 388 g/mol. The van der Waals surface area contributed by atoms with E-state index in [4.69, 9.17) is 9.47 Å². The molecule has 8 heteroatoms. The molecule has 0 unspecified atom stereocenters. The number of fused-ring (bicyclic) bond motifs is 1. The van der Waals surface area contributed by atoms with Crippen molar-refractivity contribution in [3.05, 3.63) is 54.1 Å². The summed E-state index contributed by atoms with van der Waals surface area (Å²) in [4.78, 5) is 14.3. The fraction of sp³-hybridized carbons (Fsp3) is 0.286. The van der Waals surface area contributed by atoms with E-state index in [1.807, 2.05) is 60.1 Å². The van der Waals surface area contributed by atoms with Crippen LogP contribution in [0, 0.1) is 0 Å². The second-order valence-corrected chi connectivity index (χ2v) is 7.69. The van der Waals surface area contributed by atoms with Gasteiger partial charge in [0.1, 0.15) is 13.2 Å². The highest BCUT2D eigenvalue weighted by atomic mass is 32.2. The monoisotopic (exact) mass is 410 g/mol. The number of rotatable bonds is 6. The van der Waals surface area contributed by atoms with Gasteiger partial charge in [-0.25, -0.2) is 0 Å². The van der Waals surface area contributed by atoms with E-state index in [0.717, 1.165) is 28.5 Å². The molecule has 29 heavy (non-hydrogen) atoms. The SMILES string of the molecule is CN(Cc1ccc2c(c1)OCCO2)C(=O)CSc1nnc(-c2ccccc2)n1C. The number of aromatic nitrogens is 3. The molecule has 0 fully saturated rings. The largest absolute Gasteiger partial charge is 0.486 e. The Morgan fingerprint density at radius 1 is 1.10 bits per heavy atom. The molecule has 1 amide bonds. The van der Waals surface area contributed by atoms with Crippen molar-refractivity contribution < 1.29 is 14.3 Å². The van der Waals surface area contributed by atoms with Gasteiger partial charge in [0.2, 0.25) is 5.91 Å². The molecule has 0 saturated carbocycles. The van der Waals surface area contributed by atoms with Crippen molar-refractivity contribution in [1.29, 1.82) is 0 Å². The van der Waals surface area contributed by atoms with Crippen LogP contribution in [0.25, 0.3) is 11.4 Å². The van der Waals surface area contributed by atoms with Crippen LogP contribution in [-0.4, -0.2) is 51.6 Å². The van der Waals surface area contributed by atoms with Crippen LogP contribution in [0.2, 0.25) is 0 Å². The topological polar surface area (TPSA) is 69.5 Å². The minimum atomic E-state index is 0.0224. The zero-order chi connectivity index (χ0) is 20.2. The van der Waals surface area contributed by atoms with Crippen LogP contribution in [0.4, 0.5) is 0 Å². The third-order valence-corrected chi connectivity index (χ3v) is 5.65. The van der Waals surface area contributed by atoms with E-state index in [1.165, 1.54) is 11.8 Å². The lowest BCUT2D eigenvalue weighted by Gasteiger charge is -2.21. The molecule has 1 aliphatic rings. The predicted molar refractivity (Wildman–Crippen MR) is 111 cm³/mol. The predicted octanol–water partition coefficient (Wildman–Crippen LogP) is 3.00. The van der Waals surface area contributed by atoms with Gasteiger partial charge < -0.3 is 18.9 Å². The Hall–Kier alpha value is -3.00. The molecule has 0 saturated heterocycles. The van der Waals surface area contributed by atoms with Crippen LogP contribution in [0.5, 0.6) is 11.5 Å². The molecule has 0 spiro atoms. The van der Waals surface area contributed by atoms with Gasteiger partial charge in [-0.1, -0.05) is 48.2 Å². The molecule has 4 rings (SSSR count). The molecule has 0 aliphatic carbocycles. The molecule has 150 valence electrons. The summed E-state index contributed by atoms with van der Waals surface area (Å²) in [5, 5.41) is 9.20. The number of thioether (sulfide) groups is 1. The second kappa shape index (κ2) is 8.57. The number of carbonyl (C=O) groups is 1. The van der Waals surface area contributed by atoms with Crippen molar-refractivity contribution in [3.63, 3.8) is 0 Å². The average molecular weight is 410 g/mol. The Morgan fingerprint density at radius 3 is 2.66 bits per heavy atom. The maximum atomic E-state index is 12.6. The first-order chi connectivity index (χ1) is 14.1. The first kappa shape index (κ1) is 19.3. The van der Waals surface area contributed by atoms with Crippen molar-refractivity contribution >= 4 is 17.7 Å². The van der Waals surface area contributed by atoms with E-state index in [9.17, 15) is 4.79 Å². The molecule has 1 aliphatic heterocycles. The maximum absolute atomic E-state index is 12.6. The molecule has 0 N–H and O–H groups in total. The number of benzene rings is 2. The quantitative estimate of drug-likeness (QED) is 0.582. The van der Waals surface area contributed by atoms with E-state index < -0.39 is 0 Å². The first-order valence-electron chi connectivity index (χ1n) is 9.32. The standard InChI is InChI=1S/C21H22N4O3S/c1-24(13-15-8-9-17-18(12-15)28-11-10-27-17)19(26)14-29-21-23-22-20(25(21)2)16-6-4-3-5-7-16/h3-9,12H,10-11,13-14H2,1-2H3. The van der Waals surface area contributed by atoms with Gasteiger partial charge in [0.15, 0.2) is 22.5 Å². The Bertz CT molecular complexity index is 1010. The van der Waals surface area contributed by atoms with Gasteiger partial charge in [0.25, 0.3) is 0 Å². The van der Waals surface area contributed by atoms with Crippen LogP contribution >= 0.6 is 11.8 Å². The smallest absolute Gasteiger partial charge is 0.233 e. The summed E-state index contributed by atoms with van der Waals surface area (Å²) in [6, 6.07) is 15.7. The molecule has 0 radical (unpaired) electrons. The van der Waals surface area contributed by atoms with Crippen molar-refractivity contribution in [2.75, 3.05) is 26.0 Å². The van der Waals surface area contributed by atoms with E-state index in [-0.39, 0.29) is 5.91 Å². The highest BCUT2D eigenvalue weighted by Gasteiger charge is 2.17. The molecule has 7 nitrogen and oxygen atoms in total. The number of hydrogen-bond acceptors (Lipinski definition) is 6. The zero-order valence-corrected chi connectivity index (χ0v) is 17.2. The number of hydrogen-bond donors (Lipinski definition) is 0. The number of nitrogens with zero attached hydrogens (tertiary/aromatic N) is 4. The third kappa shape index (κ3) is 4.37. The Morgan fingerprint density at radius 2 is 1.86 bits per heavy atom. The highest BCUT2D eigenvalue weighted by molar-refractivity contribution is 7.99. The molecule has 2 aromatic carbocycles. The summed E-state index contributed by atoms with van der Waals surface area (Å²) < 4.78 is 13.1. The Labute approximate surface area is 173 Å². The normalized spacial score (nSPS) is 12.6. The second-order valence-electron chi connectivity index (χ2n) is 6.75. The minimum absolute atomic E-state index is 0.0224. The van der Waals surface area contributed by atoms with Crippen LogP contribution in [-0.2, 0) is 18.4 Å². The van der Waals surface area contributed by atoms with Crippen LogP contribution in [0.1, 0.15) is 5.56 Å². The summed E-state index contributed by atoms with van der Waals surface area (Å²) in [5.74, 6) is 2.58. The average Bonchev–Trinajstić information content (AvgIpc) is 3.12. The minimum Gasteiger partial charge on any atom is -0.486 e. The Balaban J connectivity index is 1.36. The molecule has 0 atom stereocenters. The lowest BCUT2D eigenvalue weighted by atomic mass is 10.2. The van der Waals surface area contributed by atoms with Gasteiger partial charge in [-0.2, -0.15) is 0 Å². The zero-order valence-electron chi connectivity index (χ0n) is 16.4. The van der Waals surface area contributed by atoms with Gasteiger partial charge in [-0.15, -0.1) is 10.2 Å². The lowest BCUT2D eigenvalue weighted by Crippen LogP contribution is -2.28. The van der Waals surface area contributed by atoms with E-state index in [2.05, 4.69) is 10.2 Å². The van der Waals surface area contributed by atoms with E-state index >= 15 is 0 Å². The fourth-order valence-electron chi connectivity index (χ4n) is 3.06. The summed E-state index contributed by atoms with van der Waals surface area (Å²) in [7, 11) is 3.71. The summed E-state index contributed by atoms with van der Waals surface area (Å²) >= 11 is 1.39. The first-order valence-corrected chi connectivity index (χ1v) is 10.3. The van der Waals surface area contributed by atoms with Crippen LogP contribution < -0.4 is 9.47 Å². The molecule has 2 heterocycles. The summed E-state index contributed by atoms with van der Waals surface area (Å²) in [6.07, 6.45) is 0. The van der Waals surface area contributed by atoms with Crippen LogP contribution in [0.3, 0.4) is 0 Å². The molecular formula is C21H22N4O3S. The van der Waals surface area contributed by atoms with Gasteiger partial charge in [-0.3, -0.25) is 4.79 Å². The molecule has 1 aromatic heterocycles. The van der Waals surface area contributed by atoms with Gasteiger partial charge in [0, 0.05) is 26.2 Å². The fourth-order valence-corrected chi connectivity index (χ4v) is 3.92. The summed E-state index contributed by atoms with van der Waals surface area (Å²) in [5.41, 5.74) is 2.00. The maximum Gasteiger partial charge on any atom is 0.233 e. The van der Waals surface area contributed by atoms with E-state index in [0.29, 0.717) is 30.7 Å². The van der Waals surface area contributed by atoms with E-state index in [1.54, 1.807) is 11.9 Å². The lowest BCUT2D eigenvalue weighted by molar-refractivity contribution is -0.127. The van der Waals surface area contributed by atoms with Crippen molar-refractivity contribution in [2.45, 2.75) is 11.7 Å². The highest BCUT2D eigenvalue weighted by Crippen LogP contribution is 2.31. The number of ether oxygens (including phenoxy) is 2. The Kier molecular flexibility index (Phi) is 5.71. The van der Waals surface area contributed by atoms with Crippen molar-refractivity contribution in [2.24, 2.45) is 7.05 Å². The van der Waals surface area contributed by atoms with Gasteiger partial charge >= 0.3 is 0 Å². The van der Waals surface area contributed by atoms with Gasteiger partial charge in [0.05, 0.1) is 5.75 Å². The van der Waals surface area contributed by atoms with Gasteiger partial charge in [-0.05, 0) is 17.7 Å². The summed E-state index contributed by atoms with van der Waals surface area (Å²) in [6.45, 7) is 1.62. The third-order valence-electron chi connectivity index (χ3n) is 4.64. The van der Waals surface area contributed by atoms with Crippen molar-refractivity contribution in [1.82, 2.24) is 19.7 Å². The number of amides is 1.